The highest BCUT2D eigenvalue weighted by Gasteiger charge is 2.38. The number of rotatable bonds is 1. The fourth-order valence-corrected chi connectivity index (χ4v) is 1.66. The van der Waals surface area contributed by atoms with Gasteiger partial charge in [0.25, 0.3) is 0 Å². The zero-order valence-corrected chi connectivity index (χ0v) is 10.3. The molecule has 0 aliphatic heterocycles. The highest BCUT2D eigenvalue weighted by atomic mass is 79.9. The summed E-state index contributed by atoms with van der Waals surface area (Å²) in [5, 5.41) is 2.00. The van der Waals surface area contributed by atoms with Crippen molar-refractivity contribution in [2.24, 2.45) is 0 Å². The first-order valence-electron chi connectivity index (χ1n) is 4.05. The lowest BCUT2D eigenvalue weighted by Gasteiger charge is -2.10. The van der Waals surface area contributed by atoms with E-state index in [1.807, 2.05) is 0 Å². The molecule has 0 unspecified atom stereocenters. The number of halogens is 5. The minimum absolute atomic E-state index is 0.0158. The van der Waals surface area contributed by atoms with Crippen molar-refractivity contribution < 1.29 is 18.0 Å². The summed E-state index contributed by atoms with van der Waals surface area (Å²) in [6, 6.07) is 2.78. The van der Waals surface area contributed by atoms with Crippen molar-refractivity contribution in [3.8, 4) is 0 Å². The summed E-state index contributed by atoms with van der Waals surface area (Å²) >= 11 is 8.77. The number of hydrogen-bond acceptors (Lipinski definition) is 1. The van der Waals surface area contributed by atoms with Crippen LogP contribution in [-0.2, 0) is 4.79 Å². The summed E-state index contributed by atoms with van der Waals surface area (Å²) in [6.45, 7) is 1.70. The van der Waals surface area contributed by atoms with Crippen LogP contribution < -0.4 is 5.32 Å². The van der Waals surface area contributed by atoms with Crippen molar-refractivity contribution in [1.82, 2.24) is 0 Å². The molecule has 0 spiro atoms. The van der Waals surface area contributed by atoms with Crippen LogP contribution in [0.4, 0.5) is 18.9 Å². The monoisotopic (exact) mass is 315 g/mol. The molecule has 0 saturated heterocycles. The van der Waals surface area contributed by atoms with Crippen LogP contribution in [-0.4, -0.2) is 12.1 Å². The molecule has 2 nitrogen and oxygen atoms in total. The van der Waals surface area contributed by atoms with Crippen LogP contribution in [0.2, 0.25) is 5.02 Å². The van der Waals surface area contributed by atoms with E-state index in [0.717, 1.165) is 0 Å². The molecular formula is C9H6BrClF3NO. The molecule has 1 aromatic rings. The van der Waals surface area contributed by atoms with Gasteiger partial charge in [0.2, 0.25) is 0 Å². The molecule has 0 saturated carbocycles. The Kier molecular flexibility index (Phi) is 3.85. The van der Waals surface area contributed by atoms with Gasteiger partial charge in [0.05, 0.1) is 5.69 Å². The van der Waals surface area contributed by atoms with Crippen molar-refractivity contribution in [2.45, 2.75) is 13.1 Å². The van der Waals surface area contributed by atoms with Crippen LogP contribution in [0.25, 0.3) is 0 Å². The van der Waals surface area contributed by atoms with Crippen LogP contribution in [0.3, 0.4) is 0 Å². The maximum absolute atomic E-state index is 12.0. The van der Waals surface area contributed by atoms with Gasteiger partial charge in [-0.15, -0.1) is 0 Å². The van der Waals surface area contributed by atoms with Crippen molar-refractivity contribution in [1.29, 1.82) is 0 Å². The number of nitrogens with one attached hydrogen (secondary N) is 1. The summed E-state index contributed by atoms with van der Waals surface area (Å²) in [4.78, 5) is 10.7. The molecule has 0 fully saturated rings. The number of amides is 1. The number of carbonyl (C=O) groups excluding carboxylic acids is 1. The lowest BCUT2D eigenvalue weighted by Crippen LogP contribution is -2.30. The van der Waals surface area contributed by atoms with Crippen molar-refractivity contribution >= 4 is 39.1 Å². The third-order valence-corrected chi connectivity index (χ3v) is 2.82. The Hall–Kier alpha value is -0.750. The second-order valence-electron chi connectivity index (χ2n) is 3.03. The molecule has 0 atom stereocenters. The molecule has 88 valence electrons. The quantitative estimate of drug-likeness (QED) is 0.836. The first-order valence-corrected chi connectivity index (χ1v) is 5.22. The van der Waals surface area contributed by atoms with Gasteiger partial charge >= 0.3 is 12.1 Å². The minimum Gasteiger partial charge on any atom is -0.317 e. The zero-order chi connectivity index (χ0) is 12.5. The Bertz CT molecular complexity index is 433. The van der Waals surface area contributed by atoms with E-state index in [2.05, 4.69) is 15.9 Å². The number of benzene rings is 1. The summed E-state index contributed by atoms with van der Waals surface area (Å²) in [7, 11) is 0. The molecule has 0 aliphatic carbocycles. The summed E-state index contributed by atoms with van der Waals surface area (Å²) < 4.78 is 36.3. The standard InChI is InChI=1S/C9H6BrClF3NO/c1-4-2-5(10)7(3-6(4)11)15-8(16)9(12,13)14/h2-3H,1H3,(H,15,16). The minimum atomic E-state index is -4.92. The fraction of sp³-hybridized carbons (Fsp3) is 0.222. The molecule has 1 amide bonds. The molecule has 0 aliphatic rings. The van der Waals surface area contributed by atoms with Crippen LogP contribution >= 0.6 is 27.5 Å². The van der Waals surface area contributed by atoms with E-state index < -0.39 is 12.1 Å². The number of carbonyl (C=O) groups is 1. The van der Waals surface area contributed by atoms with E-state index in [0.29, 0.717) is 10.0 Å². The molecule has 1 N–H and O–H groups in total. The van der Waals surface area contributed by atoms with E-state index in [1.165, 1.54) is 12.1 Å². The first-order chi connectivity index (χ1) is 7.21. The normalized spacial score (nSPS) is 11.4. The lowest BCUT2D eigenvalue weighted by molar-refractivity contribution is -0.167. The van der Waals surface area contributed by atoms with E-state index >= 15 is 0 Å². The third-order valence-electron chi connectivity index (χ3n) is 1.75. The van der Waals surface area contributed by atoms with Gasteiger partial charge in [0.15, 0.2) is 0 Å². The molecular weight excluding hydrogens is 310 g/mol. The summed E-state index contributed by atoms with van der Waals surface area (Å²) in [5.74, 6) is -2.03. The number of alkyl halides is 3. The number of anilines is 1. The Morgan fingerprint density at radius 1 is 1.44 bits per heavy atom. The fourth-order valence-electron chi connectivity index (χ4n) is 0.935. The Labute approximate surface area is 103 Å². The molecule has 1 aromatic carbocycles. The first kappa shape index (κ1) is 13.3. The Balaban J connectivity index is 2.99. The van der Waals surface area contributed by atoms with Gasteiger partial charge in [-0.2, -0.15) is 13.2 Å². The lowest BCUT2D eigenvalue weighted by atomic mass is 10.2. The van der Waals surface area contributed by atoms with Gasteiger partial charge in [-0.3, -0.25) is 4.79 Å². The van der Waals surface area contributed by atoms with Crippen LogP contribution in [0.5, 0.6) is 0 Å². The average Bonchev–Trinajstić information content (AvgIpc) is 2.12. The second kappa shape index (κ2) is 4.63. The van der Waals surface area contributed by atoms with E-state index in [9.17, 15) is 18.0 Å². The van der Waals surface area contributed by atoms with Gasteiger partial charge in [-0.25, -0.2) is 0 Å². The van der Waals surface area contributed by atoms with E-state index in [4.69, 9.17) is 11.6 Å². The molecule has 16 heavy (non-hydrogen) atoms. The van der Waals surface area contributed by atoms with Gasteiger partial charge in [0, 0.05) is 9.50 Å². The van der Waals surface area contributed by atoms with Gasteiger partial charge < -0.3 is 5.32 Å². The zero-order valence-electron chi connectivity index (χ0n) is 7.95. The van der Waals surface area contributed by atoms with Crippen LogP contribution in [0, 0.1) is 6.92 Å². The van der Waals surface area contributed by atoms with E-state index in [1.54, 1.807) is 12.2 Å². The molecule has 1 rings (SSSR count). The Morgan fingerprint density at radius 3 is 2.50 bits per heavy atom. The maximum Gasteiger partial charge on any atom is 0.471 e. The average molecular weight is 317 g/mol. The smallest absolute Gasteiger partial charge is 0.317 e. The van der Waals surface area contributed by atoms with Crippen molar-refractivity contribution in [3.63, 3.8) is 0 Å². The number of aryl methyl sites for hydroxylation is 1. The third kappa shape index (κ3) is 3.12. The predicted molar refractivity (Wildman–Crippen MR) is 58.6 cm³/mol. The van der Waals surface area contributed by atoms with Crippen LogP contribution in [0.1, 0.15) is 5.56 Å². The molecule has 0 bridgehead atoms. The van der Waals surface area contributed by atoms with Gasteiger partial charge in [0.1, 0.15) is 0 Å². The van der Waals surface area contributed by atoms with E-state index in [-0.39, 0.29) is 10.7 Å². The second-order valence-corrected chi connectivity index (χ2v) is 4.29. The van der Waals surface area contributed by atoms with Gasteiger partial charge in [-0.1, -0.05) is 11.6 Å². The molecule has 7 heteroatoms. The topological polar surface area (TPSA) is 29.1 Å². The largest absolute Gasteiger partial charge is 0.471 e. The van der Waals surface area contributed by atoms with Gasteiger partial charge in [-0.05, 0) is 40.5 Å². The Morgan fingerprint density at radius 2 is 2.00 bits per heavy atom. The molecule has 0 radical (unpaired) electrons. The summed E-state index contributed by atoms with van der Waals surface area (Å²) in [6.07, 6.45) is -4.92. The number of hydrogen-bond donors (Lipinski definition) is 1. The molecule has 0 heterocycles. The molecule has 0 aromatic heterocycles. The SMILES string of the molecule is Cc1cc(Br)c(NC(=O)C(F)(F)F)cc1Cl. The summed E-state index contributed by atoms with van der Waals surface area (Å²) in [5.41, 5.74) is 0.677. The van der Waals surface area contributed by atoms with Crippen LogP contribution in [0.15, 0.2) is 16.6 Å². The maximum atomic E-state index is 12.0. The van der Waals surface area contributed by atoms with Crippen molar-refractivity contribution in [3.05, 3.63) is 27.2 Å². The highest BCUT2D eigenvalue weighted by molar-refractivity contribution is 9.10. The predicted octanol–water partition coefficient (Wildman–Crippen LogP) is 3.91. The highest BCUT2D eigenvalue weighted by Crippen LogP contribution is 2.30. The van der Waals surface area contributed by atoms with Crippen molar-refractivity contribution in [2.75, 3.05) is 5.32 Å².